The lowest BCUT2D eigenvalue weighted by molar-refractivity contribution is 0.615. The number of anilines is 1. The molecule has 2 heterocycles. The van der Waals surface area contributed by atoms with Crippen LogP contribution in [-0.4, -0.2) is 31.1 Å². The minimum atomic E-state index is -0.183. The molecular weight excluding hydrogens is 353 g/mol. The topological polar surface area (TPSA) is 52.6 Å². The standard InChI is InChI=1S/C22H30FN5/c1-17-7-8-18(13-20(17)23)14-26-22(24-2)27-16-19-9-10-21(25-15-19)28-11-5-3-4-6-12-28/h7-10,13,15H,3-6,11-12,14,16H2,1-2H3,(H2,24,26,27). The predicted octanol–water partition coefficient (Wildman–Crippen LogP) is 3.77. The van der Waals surface area contributed by atoms with Crippen molar-refractivity contribution >= 4 is 11.8 Å². The minimum Gasteiger partial charge on any atom is -0.357 e. The fourth-order valence-electron chi connectivity index (χ4n) is 3.35. The summed E-state index contributed by atoms with van der Waals surface area (Å²) in [5.74, 6) is 1.56. The number of nitrogens with one attached hydrogen (secondary N) is 2. The van der Waals surface area contributed by atoms with E-state index >= 15 is 0 Å². The van der Waals surface area contributed by atoms with Gasteiger partial charge in [-0.2, -0.15) is 0 Å². The average Bonchev–Trinajstić information content (AvgIpc) is 3.01. The summed E-state index contributed by atoms with van der Waals surface area (Å²) in [6, 6.07) is 9.49. The molecule has 0 bridgehead atoms. The first kappa shape index (κ1) is 20.1. The van der Waals surface area contributed by atoms with E-state index in [2.05, 4.69) is 37.6 Å². The highest BCUT2D eigenvalue weighted by atomic mass is 19.1. The van der Waals surface area contributed by atoms with E-state index in [1.165, 1.54) is 25.7 Å². The van der Waals surface area contributed by atoms with Crippen LogP contribution in [-0.2, 0) is 13.1 Å². The molecule has 1 aromatic heterocycles. The number of nitrogens with zero attached hydrogens (tertiary/aromatic N) is 3. The molecule has 1 saturated heterocycles. The molecule has 0 radical (unpaired) electrons. The largest absolute Gasteiger partial charge is 0.357 e. The van der Waals surface area contributed by atoms with Crippen molar-refractivity contribution < 1.29 is 4.39 Å². The SMILES string of the molecule is CN=C(NCc1ccc(N2CCCCCC2)nc1)NCc1ccc(C)c(F)c1. The van der Waals surface area contributed by atoms with Crippen molar-refractivity contribution in [3.63, 3.8) is 0 Å². The second-order valence-electron chi connectivity index (χ2n) is 7.29. The van der Waals surface area contributed by atoms with E-state index in [1.54, 1.807) is 26.1 Å². The van der Waals surface area contributed by atoms with Crippen LogP contribution in [0.1, 0.15) is 42.4 Å². The Morgan fingerprint density at radius 3 is 2.32 bits per heavy atom. The van der Waals surface area contributed by atoms with Crippen molar-refractivity contribution in [2.75, 3.05) is 25.0 Å². The van der Waals surface area contributed by atoms with Crippen LogP contribution in [0.5, 0.6) is 0 Å². The fraction of sp³-hybridized carbons (Fsp3) is 0.455. The number of halogens is 1. The summed E-state index contributed by atoms with van der Waals surface area (Å²) >= 11 is 0. The second-order valence-corrected chi connectivity index (χ2v) is 7.29. The summed E-state index contributed by atoms with van der Waals surface area (Å²) in [6.45, 7) is 5.11. The van der Waals surface area contributed by atoms with Gasteiger partial charge in [-0.25, -0.2) is 9.37 Å². The van der Waals surface area contributed by atoms with Crippen LogP contribution >= 0.6 is 0 Å². The lowest BCUT2D eigenvalue weighted by Crippen LogP contribution is -2.36. The zero-order valence-corrected chi connectivity index (χ0v) is 16.8. The van der Waals surface area contributed by atoms with Gasteiger partial charge in [-0.1, -0.05) is 31.0 Å². The number of guanidine groups is 1. The highest BCUT2D eigenvalue weighted by molar-refractivity contribution is 5.79. The molecule has 0 spiro atoms. The molecule has 5 nitrogen and oxygen atoms in total. The number of aromatic nitrogens is 1. The third-order valence-corrected chi connectivity index (χ3v) is 5.12. The normalized spacial score (nSPS) is 15.2. The summed E-state index contributed by atoms with van der Waals surface area (Å²) in [5.41, 5.74) is 2.64. The van der Waals surface area contributed by atoms with Crippen molar-refractivity contribution in [3.8, 4) is 0 Å². The number of hydrogen-bond donors (Lipinski definition) is 2. The lowest BCUT2D eigenvalue weighted by Gasteiger charge is -2.21. The van der Waals surface area contributed by atoms with Gasteiger partial charge in [-0.05, 0) is 48.6 Å². The molecular formula is C22H30FN5. The lowest BCUT2D eigenvalue weighted by atomic mass is 10.1. The molecule has 0 aliphatic carbocycles. The van der Waals surface area contributed by atoms with Crippen LogP contribution in [0.2, 0.25) is 0 Å². The number of rotatable bonds is 5. The van der Waals surface area contributed by atoms with E-state index in [9.17, 15) is 4.39 Å². The van der Waals surface area contributed by atoms with Crippen LogP contribution in [0.4, 0.5) is 10.2 Å². The third-order valence-electron chi connectivity index (χ3n) is 5.12. The second kappa shape index (κ2) is 10.1. The summed E-state index contributed by atoms with van der Waals surface area (Å²) in [5, 5.41) is 6.50. The molecule has 0 saturated carbocycles. The molecule has 2 N–H and O–H groups in total. The molecule has 3 rings (SSSR count). The summed E-state index contributed by atoms with van der Waals surface area (Å²) in [6.07, 6.45) is 7.06. The van der Waals surface area contributed by atoms with Crippen molar-refractivity contribution in [1.82, 2.24) is 15.6 Å². The van der Waals surface area contributed by atoms with Gasteiger partial charge < -0.3 is 15.5 Å². The molecule has 1 fully saturated rings. The van der Waals surface area contributed by atoms with Crippen molar-refractivity contribution in [3.05, 3.63) is 59.0 Å². The molecule has 6 heteroatoms. The Morgan fingerprint density at radius 1 is 1.04 bits per heavy atom. The molecule has 28 heavy (non-hydrogen) atoms. The quantitative estimate of drug-likeness (QED) is 0.610. The summed E-state index contributed by atoms with van der Waals surface area (Å²) in [7, 11) is 1.73. The van der Waals surface area contributed by atoms with Gasteiger partial charge in [0.05, 0.1) is 0 Å². The Labute approximate surface area is 167 Å². The fourth-order valence-corrected chi connectivity index (χ4v) is 3.35. The maximum atomic E-state index is 13.7. The van der Waals surface area contributed by atoms with E-state index in [-0.39, 0.29) is 5.82 Å². The van der Waals surface area contributed by atoms with Gasteiger partial charge in [0.15, 0.2) is 5.96 Å². The first-order valence-electron chi connectivity index (χ1n) is 10.0. The molecule has 150 valence electrons. The van der Waals surface area contributed by atoms with E-state index < -0.39 is 0 Å². The molecule has 1 aliphatic rings. The van der Waals surface area contributed by atoms with Gasteiger partial charge in [0.2, 0.25) is 0 Å². The minimum absolute atomic E-state index is 0.183. The molecule has 0 atom stereocenters. The Hall–Kier alpha value is -2.63. The molecule has 0 amide bonds. The maximum Gasteiger partial charge on any atom is 0.191 e. The molecule has 2 aromatic rings. The van der Waals surface area contributed by atoms with E-state index in [1.807, 2.05) is 12.3 Å². The highest BCUT2D eigenvalue weighted by Gasteiger charge is 2.10. The van der Waals surface area contributed by atoms with E-state index in [0.717, 1.165) is 30.0 Å². The Bertz CT molecular complexity index is 780. The molecule has 1 aromatic carbocycles. The molecule has 1 aliphatic heterocycles. The number of aryl methyl sites for hydroxylation is 1. The zero-order chi connectivity index (χ0) is 19.8. The Balaban J connectivity index is 1.49. The number of benzene rings is 1. The predicted molar refractivity (Wildman–Crippen MR) is 113 cm³/mol. The van der Waals surface area contributed by atoms with Gasteiger partial charge in [-0.15, -0.1) is 0 Å². The average molecular weight is 384 g/mol. The van der Waals surface area contributed by atoms with Crippen molar-refractivity contribution in [2.45, 2.75) is 45.7 Å². The maximum absolute atomic E-state index is 13.7. The highest BCUT2D eigenvalue weighted by Crippen LogP contribution is 2.17. The van der Waals surface area contributed by atoms with Gasteiger partial charge in [0.25, 0.3) is 0 Å². The monoisotopic (exact) mass is 383 g/mol. The van der Waals surface area contributed by atoms with Crippen molar-refractivity contribution in [1.29, 1.82) is 0 Å². The number of hydrogen-bond acceptors (Lipinski definition) is 3. The smallest absolute Gasteiger partial charge is 0.191 e. The summed E-state index contributed by atoms with van der Waals surface area (Å²) in [4.78, 5) is 11.3. The van der Waals surface area contributed by atoms with Gasteiger partial charge in [-0.3, -0.25) is 4.99 Å². The van der Waals surface area contributed by atoms with Gasteiger partial charge in [0, 0.05) is 39.4 Å². The van der Waals surface area contributed by atoms with Crippen LogP contribution < -0.4 is 15.5 Å². The van der Waals surface area contributed by atoms with Gasteiger partial charge in [0.1, 0.15) is 11.6 Å². The first-order chi connectivity index (χ1) is 13.7. The van der Waals surface area contributed by atoms with Crippen LogP contribution in [0, 0.1) is 12.7 Å². The van der Waals surface area contributed by atoms with Crippen LogP contribution in [0.3, 0.4) is 0 Å². The zero-order valence-electron chi connectivity index (χ0n) is 16.8. The Kier molecular flexibility index (Phi) is 7.23. The van der Waals surface area contributed by atoms with Gasteiger partial charge >= 0.3 is 0 Å². The summed E-state index contributed by atoms with van der Waals surface area (Å²) < 4.78 is 13.7. The van der Waals surface area contributed by atoms with E-state index in [4.69, 9.17) is 0 Å². The first-order valence-corrected chi connectivity index (χ1v) is 10.0. The number of aliphatic imine (C=N–C) groups is 1. The van der Waals surface area contributed by atoms with Crippen LogP contribution in [0.15, 0.2) is 41.5 Å². The third kappa shape index (κ3) is 5.68. The van der Waals surface area contributed by atoms with Crippen molar-refractivity contribution in [2.24, 2.45) is 4.99 Å². The van der Waals surface area contributed by atoms with Crippen LogP contribution in [0.25, 0.3) is 0 Å². The Morgan fingerprint density at radius 2 is 1.71 bits per heavy atom. The molecule has 0 unspecified atom stereocenters. The van der Waals surface area contributed by atoms with E-state index in [0.29, 0.717) is 24.6 Å². The number of pyridine rings is 1.